The minimum atomic E-state index is -4.62. The van der Waals surface area contributed by atoms with Crippen LogP contribution in [0, 0.1) is 11.8 Å². The molecular weight excluding hydrogens is 481 g/mol. The SMILES string of the molecule is CC(C)CC(C(=O)NS(=O)(=O)C=Cc1ccccc1)C(=O)N(c1cccc(C(F)(F)F)c1)C(C)C. The highest BCUT2D eigenvalue weighted by atomic mass is 32.2. The first-order valence-electron chi connectivity index (χ1n) is 11.0. The van der Waals surface area contributed by atoms with Crippen molar-refractivity contribution >= 4 is 33.6 Å². The van der Waals surface area contributed by atoms with E-state index in [-0.39, 0.29) is 18.0 Å². The zero-order chi connectivity index (χ0) is 26.4. The molecule has 1 atom stereocenters. The average Bonchev–Trinajstić information content (AvgIpc) is 2.76. The van der Waals surface area contributed by atoms with Gasteiger partial charge in [-0.1, -0.05) is 50.2 Å². The number of carbonyl (C=O) groups is 2. The third kappa shape index (κ3) is 8.24. The van der Waals surface area contributed by atoms with Crippen molar-refractivity contribution in [2.24, 2.45) is 11.8 Å². The van der Waals surface area contributed by atoms with E-state index >= 15 is 0 Å². The van der Waals surface area contributed by atoms with Gasteiger partial charge in [0.1, 0.15) is 5.92 Å². The molecule has 0 saturated heterocycles. The Morgan fingerprint density at radius 3 is 2.17 bits per heavy atom. The standard InChI is InChI=1S/C25H29F3N2O4S/c1-17(2)15-22(23(31)29-35(33,34)14-13-19-9-6-5-7-10-19)24(32)30(18(3)4)21-12-8-11-20(16-21)25(26,27)28/h5-14,16-18,22H,15H2,1-4H3,(H,29,31). The molecule has 190 valence electrons. The van der Waals surface area contributed by atoms with Gasteiger partial charge in [0, 0.05) is 11.7 Å². The fourth-order valence-corrected chi connectivity index (χ4v) is 4.28. The lowest BCUT2D eigenvalue weighted by atomic mass is 9.94. The lowest BCUT2D eigenvalue weighted by Gasteiger charge is -2.31. The smallest absolute Gasteiger partial charge is 0.309 e. The average molecular weight is 511 g/mol. The van der Waals surface area contributed by atoms with Crippen LogP contribution in [0.3, 0.4) is 0 Å². The third-order valence-corrected chi connectivity index (χ3v) is 5.99. The van der Waals surface area contributed by atoms with E-state index in [1.807, 2.05) is 4.72 Å². The van der Waals surface area contributed by atoms with E-state index in [9.17, 15) is 31.2 Å². The Balaban J connectivity index is 2.36. The lowest BCUT2D eigenvalue weighted by molar-refractivity contribution is -0.138. The maximum Gasteiger partial charge on any atom is 0.416 e. The third-order valence-electron chi connectivity index (χ3n) is 5.01. The lowest BCUT2D eigenvalue weighted by Crippen LogP contribution is -2.48. The molecule has 0 fully saturated rings. The van der Waals surface area contributed by atoms with Crippen LogP contribution < -0.4 is 9.62 Å². The minimum Gasteiger partial charge on any atom is -0.309 e. The van der Waals surface area contributed by atoms with Gasteiger partial charge in [-0.05, 0) is 56.0 Å². The van der Waals surface area contributed by atoms with E-state index < -0.39 is 45.5 Å². The Labute approximate surface area is 203 Å². The van der Waals surface area contributed by atoms with Crippen LogP contribution in [0.25, 0.3) is 6.08 Å². The van der Waals surface area contributed by atoms with Crippen molar-refractivity contribution in [3.8, 4) is 0 Å². The summed E-state index contributed by atoms with van der Waals surface area (Å²) in [4.78, 5) is 27.5. The van der Waals surface area contributed by atoms with Crippen LogP contribution in [0.15, 0.2) is 60.0 Å². The van der Waals surface area contributed by atoms with E-state index in [0.717, 1.165) is 22.4 Å². The first-order valence-corrected chi connectivity index (χ1v) is 12.6. The van der Waals surface area contributed by atoms with Crippen LogP contribution in [0.1, 0.15) is 45.2 Å². The number of halogens is 3. The zero-order valence-electron chi connectivity index (χ0n) is 19.9. The Morgan fingerprint density at radius 2 is 1.63 bits per heavy atom. The van der Waals surface area contributed by atoms with Crippen molar-refractivity contribution in [1.29, 1.82) is 0 Å². The van der Waals surface area contributed by atoms with Gasteiger partial charge in [-0.2, -0.15) is 13.2 Å². The van der Waals surface area contributed by atoms with E-state index in [0.29, 0.717) is 5.56 Å². The van der Waals surface area contributed by atoms with Crippen LogP contribution in [0.2, 0.25) is 0 Å². The fourth-order valence-electron chi connectivity index (χ4n) is 3.45. The molecule has 2 amide bonds. The summed E-state index contributed by atoms with van der Waals surface area (Å²) in [6, 6.07) is 12.2. The van der Waals surface area contributed by atoms with Gasteiger partial charge in [0.2, 0.25) is 11.8 Å². The molecule has 35 heavy (non-hydrogen) atoms. The number of nitrogens with zero attached hydrogens (tertiary/aromatic N) is 1. The number of sulfonamides is 1. The van der Waals surface area contributed by atoms with Crippen molar-refractivity contribution in [2.45, 2.75) is 46.3 Å². The molecule has 0 aliphatic rings. The van der Waals surface area contributed by atoms with Crippen molar-refractivity contribution in [3.05, 3.63) is 71.1 Å². The number of carbonyl (C=O) groups excluding carboxylic acids is 2. The largest absolute Gasteiger partial charge is 0.416 e. The van der Waals surface area contributed by atoms with Crippen molar-refractivity contribution in [2.75, 3.05) is 4.90 Å². The maximum absolute atomic E-state index is 13.5. The molecule has 0 aromatic heterocycles. The first-order chi connectivity index (χ1) is 16.2. The number of hydrogen-bond acceptors (Lipinski definition) is 4. The summed E-state index contributed by atoms with van der Waals surface area (Å²) in [5.41, 5.74) is -0.379. The molecule has 6 nitrogen and oxygen atoms in total. The number of amides is 2. The molecule has 1 unspecified atom stereocenters. The molecule has 2 aromatic carbocycles. The van der Waals surface area contributed by atoms with Crippen molar-refractivity contribution < 1.29 is 31.2 Å². The molecule has 0 heterocycles. The second-order valence-electron chi connectivity index (χ2n) is 8.76. The summed E-state index contributed by atoms with van der Waals surface area (Å²) < 4.78 is 66.6. The van der Waals surface area contributed by atoms with Crippen LogP contribution in [0.5, 0.6) is 0 Å². The second-order valence-corrected chi connectivity index (χ2v) is 10.3. The summed E-state index contributed by atoms with van der Waals surface area (Å²) in [5, 5.41) is 0.824. The molecule has 2 aromatic rings. The number of benzene rings is 2. The number of hydrogen-bond donors (Lipinski definition) is 1. The van der Waals surface area contributed by atoms with Crippen LogP contribution in [0.4, 0.5) is 18.9 Å². The van der Waals surface area contributed by atoms with E-state index in [1.54, 1.807) is 58.0 Å². The number of rotatable bonds is 9. The fraction of sp³-hybridized carbons (Fsp3) is 0.360. The Hall–Kier alpha value is -3.14. The van der Waals surface area contributed by atoms with Crippen LogP contribution in [-0.2, 0) is 25.8 Å². The van der Waals surface area contributed by atoms with Gasteiger partial charge in [-0.15, -0.1) is 0 Å². The molecule has 0 aliphatic carbocycles. The summed E-state index contributed by atoms with van der Waals surface area (Å²) >= 11 is 0. The van der Waals surface area contributed by atoms with E-state index in [4.69, 9.17) is 0 Å². The first kappa shape index (κ1) is 28.1. The highest BCUT2D eigenvalue weighted by Gasteiger charge is 2.36. The van der Waals surface area contributed by atoms with Gasteiger partial charge in [0.25, 0.3) is 10.0 Å². The second kappa shape index (κ2) is 11.5. The van der Waals surface area contributed by atoms with Crippen LogP contribution >= 0.6 is 0 Å². The molecule has 0 aliphatic heterocycles. The Morgan fingerprint density at radius 1 is 1.00 bits per heavy atom. The highest BCUT2D eigenvalue weighted by Crippen LogP contribution is 2.33. The molecule has 0 spiro atoms. The van der Waals surface area contributed by atoms with E-state index in [1.165, 1.54) is 18.2 Å². The van der Waals surface area contributed by atoms with Gasteiger partial charge >= 0.3 is 6.18 Å². The van der Waals surface area contributed by atoms with Crippen molar-refractivity contribution in [1.82, 2.24) is 4.72 Å². The summed E-state index contributed by atoms with van der Waals surface area (Å²) in [7, 11) is -4.23. The molecule has 0 radical (unpaired) electrons. The minimum absolute atomic E-state index is 0.00473. The maximum atomic E-state index is 13.5. The Bertz CT molecular complexity index is 1160. The summed E-state index contributed by atoms with van der Waals surface area (Å²) in [6.07, 6.45) is -3.31. The molecule has 0 saturated carbocycles. The van der Waals surface area contributed by atoms with Gasteiger partial charge < -0.3 is 4.90 Å². The molecule has 2 rings (SSSR count). The van der Waals surface area contributed by atoms with Gasteiger partial charge in [-0.25, -0.2) is 13.1 Å². The predicted molar refractivity (Wildman–Crippen MR) is 130 cm³/mol. The quantitative estimate of drug-likeness (QED) is 0.469. The zero-order valence-corrected chi connectivity index (χ0v) is 20.7. The van der Waals surface area contributed by atoms with Gasteiger partial charge in [0.15, 0.2) is 0 Å². The summed E-state index contributed by atoms with van der Waals surface area (Å²) in [6.45, 7) is 6.70. The summed E-state index contributed by atoms with van der Waals surface area (Å²) in [5.74, 6) is -3.42. The normalized spacial score (nSPS) is 13.3. The highest BCUT2D eigenvalue weighted by molar-refractivity contribution is 7.93. The molecule has 1 N–H and O–H groups in total. The molecule has 10 heteroatoms. The number of anilines is 1. The van der Waals surface area contributed by atoms with Gasteiger partial charge in [-0.3, -0.25) is 9.59 Å². The number of nitrogens with one attached hydrogen (secondary N) is 1. The number of alkyl halides is 3. The molecule has 0 bridgehead atoms. The topological polar surface area (TPSA) is 83.5 Å². The van der Waals surface area contributed by atoms with Crippen molar-refractivity contribution in [3.63, 3.8) is 0 Å². The van der Waals surface area contributed by atoms with Crippen LogP contribution in [-0.4, -0.2) is 26.3 Å². The predicted octanol–water partition coefficient (Wildman–Crippen LogP) is 5.23. The Kier molecular flexibility index (Phi) is 9.25. The molecular formula is C25H29F3N2O4S. The van der Waals surface area contributed by atoms with Gasteiger partial charge in [0.05, 0.1) is 11.0 Å². The van der Waals surface area contributed by atoms with E-state index in [2.05, 4.69) is 0 Å². The monoisotopic (exact) mass is 510 g/mol.